The topological polar surface area (TPSA) is 71.3 Å². The molecule has 0 unspecified atom stereocenters. The third-order valence-electron chi connectivity index (χ3n) is 7.43. The summed E-state index contributed by atoms with van der Waals surface area (Å²) in [4.78, 5) is 27.9. The molecule has 2 amide bonds. The summed E-state index contributed by atoms with van der Waals surface area (Å²) in [5.74, 6) is -8.17. The first kappa shape index (κ1) is 28.5. The Morgan fingerprint density at radius 3 is 2.32 bits per heavy atom. The number of likely N-dealkylation sites (tertiary alicyclic amines) is 1. The number of aromatic nitrogens is 3. The number of amides is 2. The number of benzene rings is 2. The van der Waals surface area contributed by atoms with E-state index in [9.17, 15) is 31.5 Å². The first-order valence-electron chi connectivity index (χ1n) is 12.2. The van der Waals surface area contributed by atoms with Gasteiger partial charge in [-0.2, -0.15) is 22.0 Å². The molecule has 0 N–H and O–H groups in total. The van der Waals surface area contributed by atoms with E-state index >= 15 is 13.2 Å². The number of halogens is 8. The van der Waals surface area contributed by atoms with Gasteiger partial charge in [-0.25, -0.2) is 13.2 Å². The average Bonchev–Trinajstić information content (AvgIpc) is 3.45. The fraction of sp³-hybridized carbons (Fsp3) is 0.385. The van der Waals surface area contributed by atoms with Crippen LogP contribution in [0.4, 0.5) is 40.8 Å². The second-order valence-electron chi connectivity index (χ2n) is 10.1. The lowest BCUT2D eigenvalue weighted by atomic mass is 9.90. The molecule has 41 heavy (non-hydrogen) atoms. The maximum absolute atomic E-state index is 15.8. The lowest BCUT2D eigenvalue weighted by molar-refractivity contribution is -0.149. The van der Waals surface area contributed by atoms with E-state index in [1.54, 1.807) is 0 Å². The van der Waals surface area contributed by atoms with Crippen LogP contribution in [0, 0.1) is 5.92 Å². The van der Waals surface area contributed by atoms with Crippen molar-refractivity contribution in [3.05, 3.63) is 76.4 Å². The van der Waals surface area contributed by atoms with Crippen molar-refractivity contribution in [2.45, 2.75) is 37.7 Å². The number of nitrogens with zero attached hydrogens (tertiary/aromatic N) is 5. The molecule has 5 rings (SSSR count). The SMILES string of the molecule is Cn1cnnc1C(F)(F)[C@](C)(F)c1cccc(N2Cc3c(cc(C(=O)N4CC(C(F)F)C4)cc3C(F)(F)F)C2=O)c1. The lowest BCUT2D eigenvalue weighted by Gasteiger charge is -2.38. The van der Waals surface area contributed by atoms with Crippen molar-refractivity contribution in [2.24, 2.45) is 13.0 Å². The van der Waals surface area contributed by atoms with Crippen molar-refractivity contribution >= 4 is 17.5 Å². The molecule has 2 aromatic carbocycles. The van der Waals surface area contributed by atoms with E-state index in [1.165, 1.54) is 19.2 Å². The van der Waals surface area contributed by atoms with Crippen LogP contribution in [0.3, 0.4) is 0 Å². The molecule has 2 aliphatic heterocycles. The second kappa shape index (κ2) is 9.52. The number of anilines is 1. The third-order valence-corrected chi connectivity index (χ3v) is 7.43. The molecular weight excluding hydrogens is 566 g/mol. The Labute approximate surface area is 227 Å². The van der Waals surface area contributed by atoms with Gasteiger partial charge < -0.3 is 14.4 Å². The molecule has 1 saturated heterocycles. The largest absolute Gasteiger partial charge is 0.416 e. The standard InChI is InChI=1S/C26H21F8N5O2/c1-24(29,25(30,31)23-36-35-12-37(23)2)15-4-3-5-16(8-15)39-11-18-17(22(39)41)6-13(7-19(18)26(32,33)34)21(40)38-9-14(10-38)20(27)28/h3-8,12,14,20H,9-11H2,1-2H3/t24-/m1/s1. The van der Waals surface area contributed by atoms with Gasteiger partial charge in [0, 0.05) is 37.0 Å². The second-order valence-corrected chi connectivity index (χ2v) is 10.1. The summed E-state index contributed by atoms with van der Waals surface area (Å²) in [6.07, 6.45) is -6.72. The summed E-state index contributed by atoms with van der Waals surface area (Å²) in [6.45, 7) is -0.721. The van der Waals surface area contributed by atoms with Gasteiger partial charge in [-0.15, -0.1) is 10.2 Å². The number of carbonyl (C=O) groups is 2. The molecule has 7 nitrogen and oxygen atoms in total. The van der Waals surface area contributed by atoms with E-state index in [2.05, 4.69) is 10.2 Å². The van der Waals surface area contributed by atoms with Crippen LogP contribution in [-0.2, 0) is 31.4 Å². The predicted molar refractivity (Wildman–Crippen MR) is 127 cm³/mol. The van der Waals surface area contributed by atoms with Crippen LogP contribution in [0.5, 0.6) is 0 Å². The predicted octanol–water partition coefficient (Wildman–Crippen LogP) is 5.31. The maximum Gasteiger partial charge on any atom is 0.416 e. The molecule has 15 heteroatoms. The van der Waals surface area contributed by atoms with E-state index in [1.807, 2.05) is 0 Å². The molecule has 0 aliphatic carbocycles. The summed E-state index contributed by atoms with van der Waals surface area (Å²) in [6, 6.07) is 5.90. The number of fused-ring (bicyclic) bond motifs is 1. The summed E-state index contributed by atoms with van der Waals surface area (Å²) in [5.41, 5.74) is -6.83. The molecule has 0 spiro atoms. The third kappa shape index (κ3) is 4.60. The minimum atomic E-state index is -4.99. The minimum Gasteiger partial charge on any atom is -0.338 e. The van der Waals surface area contributed by atoms with Crippen molar-refractivity contribution in [3.8, 4) is 0 Å². The average molecular weight is 587 g/mol. The number of carbonyl (C=O) groups excluding carboxylic acids is 2. The van der Waals surface area contributed by atoms with Gasteiger partial charge in [-0.05, 0) is 42.3 Å². The zero-order valence-electron chi connectivity index (χ0n) is 21.4. The van der Waals surface area contributed by atoms with E-state index in [0.29, 0.717) is 13.0 Å². The number of rotatable bonds is 6. The summed E-state index contributed by atoms with van der Waals surface area (Å²) in [5, 5.41) is 6.64. The Bertz CT molecular complexity index is 1530. The number of hydrogen-bond acceptors (Lipinski definition) is 4. The van der Waals surface area contributed by atoms with Crippen LogP contribution in [0.2, 0.25) is 0 Å². The monoisotopic (exact) mass is 587 g/mol. The highest BCUT2D eigenvalue weighted by molar-refractivity contribution is 6.11. The van der Waals surface area contributed by atoms with Gasteiger partial charge in [0.05, 0.1) is 18.0 Å². The van der Waals surface area contributed by atoms with Crippen molar-refractivity contribution in [2.75, 3.05) is 18.0 Å². The van der Waals surface area contributed by atoms with E-state index < -0.39 is 82.1 Å². The van der Waals surface area contributed by atoms with Gasteiger partial charge >= 0.3 is 12.1 Å². The van der Waals surface area contributed by atoms with Crippen molar-refractivity contribution in [3.63, 3.8) is 0 Å². The molecule has 3 aromatic rings. The van der Waals surface area contributed by atoms with Gasteiger partial charge in [-0.1, -0.05) is 12.1 Å². The highest BCUT2D eigenvalue weighted by Gasteiger charge is 2.57. The lowest BCUT2D eigenvalue weighted by Crippen LogP contribution is -2.52. The van der Waals surface area contributed by atoms with Crippen molar-refractivity contribution in [1.82, 2.24) is 19.7 Å². The van der Waals surface area contributed by atoms with Crippen molar-refractivity contribution in [1.29, 1.82) is 0 Å². The van der Waals surface area contributed by atoms with E-state index in [-0.39, 0.29) is 18.8 Å². The van der Waals surface area contributed by atoms with Crippen LogP contribution in [0.1, 0.15) is 50.2 Å². The van der Waals surface area contributed by atoms with Crippen LogP contribution < -0.4 is 4.90 Å². The first-order chi connectivity index (χ1) is 19.0. The number of hydrogen-bond donors (Lipinski definition) is 0. The zero-order valence-corrected chi connectivity index (χ0v) is 21.4. The highest BCUT2D eigenvalue weighted by atomic mass is 19.4. The smallest absolute Gasteiger partial charge is 0.338 e. The Kier molecular flexibility index (Phi) is 6.61. The van der Waals surface area contributed by atoms with E-state index in [4.69, 9.17) is 0 Å². The maximum atomic E-state index is 15.8. The Morgan fingerprint density at radius 2 is 1.73 bits per heavy atom. The highest BCUT2D eigenvalue weighted by Crippen LogP contribution is 2.48. The molecule has 0 bridgehead atoms. The fourth-order valence-corrected chi connectivity index (χ4v) is 4.94. The molecule has 1 atom stereocenters. The summed E-state index contributed by atoms with van der Waals surface area (Å²) in [7, 11) is 1.20. The normalized spacial score (nSPS) is 17.6. The molecule has 218 valence electrons. The molecule has 0 saturated carbocycles. The molecule has 0 radical (unpaired) electrons. The van der Waals surface area contributed by atoms with Gasteiger partial charge in [-0.3, -0.25) is 9.59 Å². The molecule has 3 heterocycles. The van der Waals surface area contributed by atoms with Crippen LogP contribution in [0.25, 0.3) is 0 Å². The number of alkyl halides is 8. The Balaban J connectivity index is 1.49. The number of aryl methyl sites for hydroxylation is 1. The van der Waals surface area contributed by atoms with Crippen molar-refractivity contribution < 1.29 is 44.7 Å². The first-order valence-corrected chi connectivity index (χ1v) is 12.2. The van der Waals surface area contributed by atoms with E-state index in [0.717, 1.165) is 38.9 Å². The molecule has 1 fully saturated rings. The molecule has 2 aliphatic rings. The zero-order chi connectivity index (χ0) is 30.1. The Morgan fingerprint density at radius 1 is 1.05 bits per heavy atom. The van der Waals surface area contributed by atoms with Gasteiger partial charge in [0.2, 0.25) is 17.9 Å². The molecular formula is C26H21F8N5O2. The quantitative estimate of drug-likeness (QED) is 0.367. The Hall–Kier alpha value is -4.04. The van der Waals surface area contributed by atoms with Crippen LogP contribution in [0.15, 0.2) is 42.7 Å². The van der Waals surface area contributed by atoms with Gasteiger partial charge in [0.25, 0.3) is 11.8 Å². The fourth-order valence-electron chi connectivity index (χ4n) is 4.94. The summed E-state index contributed by atoms with van der Waals surface area (Å²) >= 11 is 0. The van der Waals surface area contributed by atoms with Gasteiger partial charge in [0.15, 0.2) is 0 Å². The minimum absolute atomic E-state index is 0.162. The van der Waals surface area contributed by atoms with Crippen LogP contribution in [-0.4, -0.2) is 51.0 Å². The molecule has 1 aromatic heterocycles. The summed E-state index contributed by atoms with van der Waals surface area (Å²) < 4.78 is 115. The van der Waals surface area contributed by atoms with Gasteiger partial charge in [0.1, 0.15) is 6.33 Å². The van der Waals surface area contributed by atoms with Crippen LogP contribution >= 0.6 is 0 Å².